The Morgan fingerprint density at radius 2 is 1.83 bits per heavy atom. The maximum atomic E-state index is 12.9. The molecule has 0 aromatic heterocycles. The molecule has 1 heterocycles. The average molecular weight is 350 g/mol. The highest BCUT2D eigenvalue weighted by molar-refractivity contribution is 7.99. The van der Waals surface area contributed by atoms with Crippen LogP contribution in [0.2, 0.25) is 0 Å². The molecule has 0 saturated carbocycles. The van der Waals surface area contributed by atoms with Crippen molar-refractivity contribution in [3.05, 3.63) is 35.9 Å². The lowest BCUT2D eigenvalue weighted by molar-refractivity contribution is -0.133. The monoisotopic (exact) mass is 350 g/mol. The molecule has 1 unspecified atom stereocenters. The number of nitrogens with one attached hydrogen (secondary N) is 1. The van der Waals surface area contributed by atoms with Gasteiger partial charge in [0.1, 0.15) is 11.6 Å². The minimum absolute atomic E-state index is 0.0370. The first-order valence-electron chi connectivity index (χ1n) is 8.25. The summed E-state index contributed by atoms with van der Waals surface area (Å²) in [6.07, 6.45) is -0.0918. The van der Waals surface area contributed by atoms with E-state index in [9.17, 15) is 9.59 Å². The third-order valence-corrected chi connectivity index (χ3v) is 4.54. The molecule has 2 rings (SSSR count). The smallest absolute Gasteiger partial charge is 0.408 e. The molecular weight excluding hydrogens is 324 g/mol. The summed E-state index contributed by atoms with van der Waals surface area (Å²) in [5.74, 6) is 1.84. The molecule has 0 aliphatic carbocycles. The van der Waals surface area contributed by atoms with Crippen LogP contribution in [0.25, 0.3) is 0 Å². The van der Waals surface area contributed by atoms with Crippen molar-refractivity contribution in [3.8, 4) is 0 Å². The number of thioether (sulfide) groups is 1. The Labute approximate surface area is 148 Å². The Bertz CT molecular complexity index is 551. The van der Waals surface area contributed by atoms with Gasteiger partial charge < -0.3 is 15.0 Å². The Balaban J connectivity index is 2.08. The third kappa shape index (κ3) is 6.07. The molecule has 0 radical (unpaired) electrons. The highest BCUT2D eigenvalue weighted by atomic mass is 32.2. The summed E-state index contributed by atoms with van der Waals surface area (Å²) in [4.78, 5) is 26.8. The van der Waals surface area contributed by atoms with Gasteiger partial charge in [-0.25, -0.2) is 4.79 Å². The normalized spacial score (nSPS) is 16.4. The number of amides is 2. The van der Waals surface area contributed by atoms with Crippen LogP contribution >= 0.6 is 11.8 Å². The van der Waals surface area contributed by atoms with Gasteiger partial charge in [-0.3, -0.25) is 4.79 Å². The van der Waals surface area contributed by atoms with Gasteiger partial charge in [0.15, 0.2) is 0 Å². The number of nitrogens with zero attached hydrogens (tertiary/aromatic N) is 1. The van der Waals surface area contributed by atoms with Gasteiger partial charge >= 0.3 is 6.09 Å². The number of benzene rings is 1. The third-order valence-electron chi connectivity index (χ3n) is 3.59. The number of hydrogen-bond donors (Lipinski definition) is 1. The van der Waals surface area contributed by atoms with Crippen LogP contribution in [0, 0.1) is 0 Å². The van der Waals surface area contributed by atoms with E-state index in [0.29, 0.717) is 6.42 Å². The molecule has 5 nitrogen and oxygen atoms in total. The van der Waals surface area contributed by atoms with E-state index >= 15 is 0 Å². The minimum Gasteiger partial charge on any atom is -0.444 e. The van der Waals surface area contributed by atoms with Gasteiger partial charge in [-0.1, -0.05) is 30.3 Å². The highest BCUT2D eigenvalue weighted by Gasteiger charge is 2.29. The minimum atomic E-state index is -0.606. The van der Waals surface area contributed by atoms with E-state index in [1.165, 1.54) is 0 Å². The second-order valence-corrected chi connectivity index (χ2v) is 8.05. The summed E-state index contributed by atoms with van der Waals surface area (Å²) in [6.45, 7) is 6.88. The van der Waals surface area contributed by atoms with Gasteiger partial charge in [-0.05, 0) is 26.3 Å². The topological polar surface area (TPSA) is 58.6 Å². The van der Waals surface area contributed by atoms with Crippen molar-refractivity contribution in [1.29, 1.82) is 0 Å². The van der Waals surface area contributed by atoms with E-state index in [4.69, 9.17) is 4.74 Å². The van der Waals surface area contributed by atoms with E-state index in [1.807, 2.05) is 67.8 Å². The molecule has 132 valence electrons. The van der Waals surface area contributed by atoms with Gasteiger partial charge in [0, 0.05) is 31.0 Å². The zero-order valence-corrected chi connectivity index (χ0v) is 15.4. The lowest BCUT2D eigenvalue weighted by Gasteiger charge is -2.31. The van der Waals surface area contributed by atoms with E-state index < -0.39 is 17.7 Å². The molecule has 1 aromatic carbocycles. The van der Waals surface area contributed by atoms with Crippen molar-refractivity contribution >= 4 is 23.8 Å². The number of hydrogen-bond acceptors (Lipinski definition) is 4. The maximum Gasteiger partial charge on any atom is 0.408 e. The summed E-state index contributed by atoms with van der Waals surface area (Å²) >= 11 is 1.85. The molecule has 1 N–H and O–H groups in total. The number of carbonyl (C=O) groups is 2. The van der Waals surface area contributed by atoms with Gasteiger partial charge in [0.25, 0.3) is 0 Å². The van der Waals surface area contributed by atoms with Crippen LogP contribution in [0.3, 0.4) is 0 Å². The maximum absolute atomic E-state index is 12.9. The summed E-state index contributed by atoms with van der Waals surface area (Å²) in [6, 6.07) is 9.12. The Kier molecular flexibility index (Phi) is 6.54. The molecule has 0 bridgehead atoms. The lowest BCUT2D eigenvalue weighted by atomic mass is 10.0. The molecule has 6 heteroatoms. The van der Waals surface area contributed by atoms with E-state index in [0.717, 1.165) is 30.2 Å². The largest absolute Gasteiger partial charge is 0.444 e. The Hall–Kier alpha value is -1.69. The van der Waals surface area contributed by atoms with Crippen LogP contribution < -0.4 is 5.32 Å². The summed E-state index contributed by atoms with van der Waals surface area (Å²) in [5, 5.41) is 2.76. The van der Waals surface area contributed by atoms with Gasteiger partial charge in [0.05, 0.1) is 0 Å². The summed E-state index contributed by atoms with van der Waals surface area (Å²) < 4.78 is 5.32. The van der Waals surface area contributed by atoms with Crippen molar-refractivity contribution in [2.75, 3.05) is 24.6 Å². The van der Waals surface area contributed by atoms with Crippen LogP contribution in [-0.4, -0.2) is 53.1 Å². The van der Waals surface area contributed by atoms with Crippen molar-refractivity contribution in [3.63, 3.8) is 0 Å². The Morgan fingerprint density at radius 1 is 1.21 bits per heavy atom. The van der Waals surface area contributed by atoms with Crippen molar-refractivity contribution in [2.24, 2.45) is 0 Å². The first-order chi connectivity index (χ1) is 11.3. The van der Waals surface area contributed by atoms with Gasteiger partial charge in [-0.15, -0.1) is 0 Å². The fourth-order valence-electron chi connectivity index (χ4n) is 2.50. The first kappa shape index (κ1) is 18.6. The average Bonchev–Trinajstić information content (AvgIpc) is 2.53. The second kappa shape index (κ2) is 8.42. The van der Waals surface area contributed by atoms with Crippen molar-refractivity contribution in [2.45, 2.75) is 38.8 Å². The fourth-order valence-corrected chi connectivity index (χ4v) is 3.41. The number of ether oxygens (including phenoxy) is 1. The van der Waals surface area contributed by atoms with Crippen molar-refractivity contribution in [1.82, 2.24) is 10.2 Å². The van der Waals surface area contributed by atoms with Crippen LogP contribution in [0.1, 0.15) is 26.3 Å². The van der Waals surface area contributed by atoms with Gasteiger partial charge in [0.2, 0.25) is 5.91 Å². The molecule has 24 heavy (non-hydrogen) atoms. The van der Waals surface area contributed by atoms with Crippen LogP contribution in [0.15, 0.2) is 30.3 Å². The summed E-state index contributed by atoms with van der Waals surface area (Å²) in [7, 11) is 0. The number of rotatable bonds is 4. The van der Waals surface area contributed by atoms with Crippen LogP contribution in [0.4, 0.5) is 4.79 Å². The van der Waals surface area contributed by atoms with Gasteiger partial charge in [-0.2, -0.15) is 11.8 Å². The zero-order chi connectivity index (χ0) is 17.6. The fraction of sp³-hybridized carbons (Fsp3) is 0.556. The molecule has 1 aliphatic heterocycles. The predicted molar refractivity (Wildman–Crippen MR) is 97.2 cm³/mol. The molecule has 2 amide bonds. The molecule has 1 atom stereocenters. The second-order valence-electron chi connectivity index (χ2n) is 6.83. The zero-order valence-electron chi connectivity index (χ0n) is 14.6. The predicted octanol–water partition coefficient (Wildman–Crippen LogP) is 2.70. The quantitative estimate of drug-likeness (QED) is 0.907. The lowest BCUT2D eigenvalue weighted by Crippen LogP contribution is -2.52. The Morgan fingerprint density at radius 3 is 2.42 bits per heavy atom. The molecule has 1 aromatic rings. The molecule has 1 aliphatic rings. The van der Waals surface area contributed by atoms with Crippen molar-refractivity contribution < 1.29 is 14.3 Å². The number of alkyl carbamates (subject to hydrolysis) is 1. The first-order valence-corrected chi connectivity index (χ1v) is 9.40. The van der Waals surface area contributed by atoms with E-state index in [2.05, 4.69) is 5.32 Å². The highest BCUT2D eigenvalue weighted by Crippen LogP contribution is 2.13. The summed E-state index contributed by atoms with van der Waals surface area (Å²) in [5.41, 5.74) is 0.421. The van der Waals surface area contributed by atoms with E-state index in [1.54, 1.807) is 0 Å². The molecule has 0 spiro atoms. The van der Waals surface area contributed by atoms with Crippen LogP contribution in [-0.2, 0) is 16.0 Å². The SMILES string of the molecule is CC(C)(C)OC(=O)NC(Cc1ccccc1)C(=O)N1CCSCC1. The van der Waals surface area contributed by atoms with E-state index in [-0.39, 0.29) is 5.91 Å². The molecular formula is C18H26N2O3S. The number of carbonyl (C=O) groups excluding carboxylic acids is 2. The molecule has 1 saturated heterocycles. The molecule has 1 fully saturated rings. The van der Waals surface area contributed by atoms with Crippen LogP contribution in [0.5, 0.6) is 0 Å². The standard InChI is InChI=1S/C18H26N2O3S/c1-18(2,3)23-17(22)19-15(13-14-7-5-4-6-8-14)16(21)20-9-11-24-12-10-20/h4-8,15H,9-13H2,1-3H3,(H,19,22).